The number of nitrogens with zero attached hydrogens (tertiary/aromatic N) is 2. The van der Waals surface area contributed by atoms with Crippen molar-refractivity contribution in [1.29, 1.82) is 0 Å². The highest BCUT2D eigenvalue weighted by atomic mass is 79.9. The lowest BCUT2D eigenvalue weighted by atomic mass is 10.1. The van der Waals surface area contributed by atoms with E-state index in [-0.39, 0.29) is 0 Å². The topological polar surface area (TPSA) is 51.0 Å². The lowest BCUT2D eigenvalue weighted by molar-refractivity contribution is 0.0591. The fraction of sp³-hybridized carbons (Fsp3) is 0.727. The lowest BCUT2D eigenvalue weighted by Crippen LogP contribution is -2.21. The van der Waals surface area contributed by atoms with Crippen LogP contribution < -0.4 is 0 Å². The van der Waals surface area contributed by atoms with Crippen molar-refractivity contribution in [3.05, 3.63) is 11.8 Å². The molecule has 1 amide bonds. The van der Waals surface area contributed by atoms with Crippen molar-refractivity contribution in [2.75, 3.05) is 0 Å². The molecule has 1 atom stereocenters. The van der Waals surface area contributed by atoms with E-state index in [0.29, 0.717) is 4.83 Å². The van der Waals surface area contributed by atoms with Crippen LogP contribution in [0.4, 0.5) is 4.79 Å². The first-order valence-corrected chi connectivity index (χ1v) is 6.28. The highest BCUT2D eigenvalue weighted by Crippen LogP contribution is 2.24. The minimum Gasteiger partial charge on any atom is -0.441 e. The first-order chi connectivity index (χ1) is 7.37. The van der Waals surface area contributed by atoms with Crippen molar-refractivity contribution in [2.45, 2.75) is 50.5 Å². The standard InChI is InChI=1S/C11H17BrN2O2/c1-11(2,3)16-10(15)14-13-9-6-4-5-8(12)7-9/h7-8H,4-6H2,1-3H3. The summed E-state index contributed by atoms with van der Waals surface area (Å²) in [6, 6.07) is 0. The molecule has 0 radical (unpaired) electrons. The molecule has 0 heterocycles. The van der Waals surface area contributed by atoms with Crippen LogP contribution in [-0.2, 0) is 4.74 Å². The Bertz CT molecular complexity index is 318. The third kappa shape index (κ3) is 5.39. The normalized spacial score (nSPS) is 22.0. The molecule has 5 heteroatoms. The molecule has 0 aromatic rings. The zero-order chi connectivity index (χ0) is 12.2. The van der Waals surface area contributed by atoms with Crippen LogP contribution in [-0.4, -0.2) is 16.5 Å². The number of hydrogen-bond donors (Lipinski definition) is 0. The summed E-state index contributed by atoms with van der Waals surface area (Å²) in [4.78, 5) is 11.6. The fourth-order valence-corrected chi connectivity index (χ4v) is 1.95. The van der Waals surface area contributed by atoms with Crippen LogP contribution in [0.15, 0.2) is 22.0 Å². The molecule has 1 unspecified atom stereocenters. The van der Waals surface area contributed by atoms with Gasteiger partial charge in [0.2, 0.25) is 0 Å². The van der Waals surface area contributed by atoms with Gasteiger partial charge in [-0.15, -0.1) is 5.11 Å². The maximum atomic E-state index is 11.3. The smallest absolute Gasteiger partial charge is 0.441 e. The minimum absolute atomic E-state index is 0.342. The lowest BCUT2D eigenvalue weighted by Gasteiger charge is -2.17. The molecule has 0 aromatic heterocycles. The van der Waals surface area contributed by atoms with Gasteiger partial charge in [-0.05, 0) is 46.1 Å². The van der Waals surface area contributed by atoms with Gasteiger partial charge in [-0.3, -0.25) is 0 Å². The molecule has 16 heavy (non-hydrogen) atoms. The van der Waals surface area contributed by atoms with Gasteiger partial charge in [0.05, 0.1) is 5.70 Å². The molecule has 0 saturated heterocycles. The van der Waals surface area contributed by atoms with Crippen LogP contribution in [0.5, 0.6) is 0 Å². The Kier molecular flexibility index (Phi) is 4.65. The molecule has 1 aliphatic rings. The second kappa shape index (κ2) is 5.57. The first-order valence-electron chi connectivity index (χ1n) is 5.36. The minimum atomic E-state index is -0.634. The van der Waals surface area contributed by atoms with Gasteiger partial charge < -0.3 is 4.74 Å². The Balaban J connectivity index is 2.50. The van der Waals surface area contributed by atoms with E-state index < -0.39 is 11.7 Å². The highest BCUT2D eigenvalue weighted by Gasteiger charge is 2.16. The van der Waals surface area contributed by atoms with Gasteiger partial charge in [0.25, 0.3) is 0 Å². The van der Waals surface area contributed by atoms with Crippen molar-refractivity contribution >= 4 is 22.0 Å². The van der Waals surface area contributed by atoms with Gasteiger partial charge >= 0.3 is 6.09 Å². The Morgan fingerprint density at radius 1 is 1.56 bits per heavy atom. The van der Waals surface area contributed by atoms with Gasteiger partial charge in [0.1, 0.15) is 5.60 Å². The summed E-state index contributed by atoms with van der Waals surface area (Å²) in [6.07, 6.45) is 4.39. The molecule has 90 valence electrons. The van der Waals surface area contributed by atoms with Gasteiger partial charge in [-0.25, -0.2) is 4.79 Å². The number of rotatable bonds is 1. The summed E-state index contributed by atoms with van der Waals surface area (Å²) in [5.41, 5.74) is 0.327. The van der Waals surface area contributed by atoms with E-state index in [2.05, 4.69) is 26.2 Å². The molecule has 0 saturated carbocycles. The number of carbonyl (C=O) groups is 1. The van der Waals surface area contributed by atoms with Gasteiger partial charge in [0, 0.05) is 4.83 Å². The average molecular weight is 289 g/mol. The Labute approximate surface area is 104 Å². The van der Waals surface area contributed by atoms with Crippen LogP contribution in [0.2, 0.25) is 0 Å². The molecule has 1 rings (SSSR count). The number of hydrogen-bond acceptors (Lipinski definition) is 3. The second-order valence-corrected chi connectivity index (χ2v) is 5.92. The Hall–Kier alpha value is -0.710. The Morgan fingerprint density at radius 2 is 2.25 bits per heavy atom. The van der Waals surface area contributed by atoms with Crippen LogP contribution >= 0.6 is 15.9 Å². The predicted molar refractivity (Wildman–Crippen MR) is 65.7 cm³/mol. The number of halogens is 1. The monoisotopic (exact) mass is 288 g/mol. The van der Waals surface area contributed by atoms with E-state index in [4.69, 9.17) is 4.74 Å². The molecular weight excluding hydrogens is 272 g/mol. The van der Waals surface area contributed by atoms with Crippen molar-refractivity contribution in [2.24, 2.45) is 10.2 Å². The van der Waals surface area contributed by atoms with Crippen LogP contribution in [0.3, 0.4) is 0 Å². The largest absolute Gasteiger partial charge is 0.452 e. The molecule has 0 aliphatic heterocycles. The van der Waals surface area contributed by atoms with Gasteiger partial charge in [0.15, 0.2) is 0 Å². The summed E-state index contributed by atoms with van der Waals surface area (Å²) in [7, 11) is 0. The number of carbonyl (C=O) groups excluding carboxylic acids is 1. The van der Waals surface area contributed by atoms with Gasteiger partial charge in [-0.1, -0.05) is 21.0 Å². The zero-order valence-corrected chi connectivity index (χ0v) is 11.5. The molecular formula is C11H17BrN2O2. The van der Waals surface area contributed by atoms with Crippen LogP contribution in [0, 0.1) is 0 Å². The van der Waals surface area contributed by atoms with Crippen molar-refractivity contribution < 1.29 is 9.53 Å². The first kappa shape index (κ1) is 13.4. The van der Waals surface area contributed by atoms with E-state index >= 15 is 0 Å². The maximum absolute atomic E-state index is 11.3. The van der Waals surface area contributed by atoms with Crippen molar-refractivity contribution in [1.82, 2.24) is 0 Å². The number of allylic oxidation sites excluding steroid dienone is 2. The molecule has 0 aromatic carbocycles. The second-order valence-electron chi connectivity index (χ2n) is 4.75. The van der Waals surface area contributed by atoms with Crippen LogP contribution in [0.25, 0.3) is 0 Å². The summed E-state index contributed by atoms with van der Waals surface area (Å²) < 4.78 is 5.02. The molecule has 0 bridgehead atoms. The van der Waals surface area contributed by atoms with E-state index in [0.717, 1.165) is 25.0 Å². The SMILES string of the molecule is CC(C)(C)OC(=O)N=NC1=CC(Br)CCC1. The third-order valence-corrected chi connectivity index (χ3v) is 2.66. The quantitative estimate of drug-likeness (QED) is 0.536. The van der Waals surface area contributed by atoms with Crippen molar-refractivity contribution in [3.8, 4) is 0 Å². The molecule has 0 fully saturated rings. The number of azo groups is 1. The number of ether oxygens (including phenoxy) is 1. The Morgan fingerprint density at radius 3 is 2.81 bits per heavy atom. The average Bonchev–Trinajstić information content (AvgIpc) is 2.12. The summed E-state index contributed by atoms with van der Waals surface area (Å²) in [6.45, 7) is 5.40. The number of alkyl halides is 1. The van der Waals surface area contributed by atoms with Crippen molar-refractivity contribution in [3.63, 3.8) is 0 Å². The summed E-state index contributed by atoms with van der Waals surface area (Å²) >= 11 is 3.49. The molecule has 4 nitrogen and oxygen atoms in total. The summed E-state index contributed by atoms with van der Waals surface area (Å²) in [5.74, 6) is 0. The maximum Gasteiger partial charge on any atom is 0.452 e. The number of amides is 1. The van der Waals surface area contributed by atoms with E-state index in [1.165, 1.54) is 0 Å². The van der Waals surface area contributed by atoms with Crippen LogP contribution in [0.1, 0.15) is 40.0 Å². The molecule has 0 N–H and O–H groups in total. The third-order valence-electron chi connectivity index (χ3n) is 1.94. The van der Waals surface area contributed by atoms with E-state index in [1.807, 2.05) is 6.08 Å². The molecule has 1 aliphatic carbocycles. The van der Waals surface area contributed by atoms with Gasteiger partial charge in [-0.2, -0.15) is 0 Å². The predicted octanol–water partition coefficient (Wildman–Crippen LogP) is 4.21. The van der Waals surface area contributed by atoms with E-state index in [1.54, 1.807) is 20.8 Å². The summed E-state index contributed by atoms with van der Waals surface area (Å²) in [5, 5.41) is 7.44. The van der Waals surface area contributed by atoms with E-state index in [9.17, 15) is 4.79 Å². The fourth-order valence-electron chi connectivity index (χ4n) is 1.32. The molecule has 0 spiro atoms. The zero-order valence-electron chi connectivity index (χ0n) is 9.86. The highest BCUT2D eigenvalue weighted by molar-refractivity contribution is 9.09.